The number of nitrogens with one attached hydrogen (secondary N) is 2. The highest BCUT2D eigenvalue weighted by Gasteiger charge is 2.39. The van der Waals surface area contributed by atoms with Gasteiger partial charge in [-0.15, -0.1) is 0 Å². The lowest BCUT2D eigenvalue weighted by atomic mass is 10.2. The van der Waals surface area contributed by atoms with E-state index < -0.39 is 10.0 Å². The molecule has 3 N–H and O–H groups in total. The van der Waals surface area contributed by atoms with Crippen LogP contribution in [0.3, 0.4) is 0 Å². The molecule has 0 bridgehead atoms. The Bertz CT molecular complexity index is 930. The molecule has 3 rings (SSSR count). The van der Waals surface area contributed by atoms with Gasteiger partial charge in [0.1, 0.15) is 5.75 Å². The van der Waals surface area contributed by atoms with Gasteiger partial charge in [0.2, 0.25) is 5.91 Å². The molecule has 0 heterocycles. The maximum Gasteiger partial charge on any atom is 0.261 e. The minimum atomic E-state index is -3.89. The quantitative estimate of drug-likeness (QED) is 0.692. The van der Waals surface area contributed by atoms with E-state index in [2.05, 4.69) is 10.0 Å². The van der Waals surface area contributed by atoms with Gasteiger partial charge >= 0.3 is 0 Å². The van der Waals surface area contributed by atoms with E-state index in [-0.39, 0.29) is 28.2 Å². The van der Waals surface area contributed by atoms with Crippen LogP contribution < -0.4 is 10.0 Å². The number of anilines is 2. The van der Waals surface area contributed by atoms with Crippen molar-refractivity contribution in [1.29, 1.82) is 0 Å². The van der Waals surface area contributed by atoms with Crippen LogP contribution in [0.2, 0.25) is 5.02 Å². The highest BCUT2D eigenvalue weighted by Crippen LogP contribution is 2.39. The number of phenolic OH excluding ortho intramolecular Hbond substituents is 1. The van der Waals surface area contributed by atoms with Crippen molar-refractivity contribution in [3.05, 3.63) is 47.5 Å². The van der Waals surface area contributed by atoms with E-state index in [0.29, 0.717) is 16.6 Å². The summed E-state index contributed by atoms with van der Waals surface area (Å²) in [7, 11) is -3.89. The summed E-state index contributed by atoms with van der Waals surface area (Å²) in [5, 5.41) is 12.9. The summed E-state index contributed by atoms with van der Waals surface area (Å²) in [4.78, 5) is 11.9. The maximum atomic E-state index is 12.5. The van der Waals surface area contributed by atoms with E-state index in [0.717, 1.165) is 6.42 Å². The van der Waals surface area contributed by atoms with Crippen LogP contribution in [0.25, 0.3) is 0 Å². The first-order valence-electron chi connectivity index (χ1n) is 7.68. The summed E-state index contributed by atoms with van der Waals surface area (Å²) in [5.74, 6) is -0.202. The largest absolute Gasteiger partial charge is 0.506 e. The molecule has 2 unspecified atom stereocenters. The standard InChI is InChI=1S/C17H17ClN2O4S/c1-10-7-14(10)17(22)19-15-9-13(5-6-16(15)21)25(23,24)20-12-4-2-3-11(18)8-12/h2-6,8-10,14,20-21H,7H2,1H3,(H,19,22). The second kappa shape index (κ2) is 6.57. The lowest BCUT2D eigenvalue weighted by Gasteiger charge is -2.12. The molecule has 6 nitrogen and oxygen atoms in total. The number of carbonyl (C=O) groups excluding carboxylic acids is 1. The van der Waals surface area contributed by atoms with Crippen LogP contribution in [0, 0.1) is 11.8 Å². The first kappa shape index (κ1) is 17.6. The van der Waals surface area contributed by atoms with Crippen LogP contribution >= 0.6 is 11.6 Å². The number of benzene rings is 2. The molecule has 1 aliphatic rings. The Morgan fingerprint density at radius 2 is 1.96 bits per heavy atom. The van der Waals surface area contributed by atoms with Crippen LogP contribution in [0.15, 0.2) is 47.4 Å². The van der Waals surface area contributed by atoms with Gasteiger partial charge < -0.3 is 10.4 Å². The lowest BCUT2D eigenvalue weighted by Crippen LogP contribution is -2.16. The van der Waals surface area contributed by atoms with E-state index in [4.69, 9.17) is 11.6 Å². The van der Waals surface area contributed by atoms with Crippen molar-refractivity contribution in [2.45, 2.75) is 18.2 Å². The van der Waals surface area contributed by atoms with Crippen LogP contribution in [-0.2, 0) is 14.8 Å². The van der Waals surface area contributed by atoms with Crippen molar-refractivity contribution in [3.8, 4) is 5.75 Å². The molecule has 2 aromatic carbocycles. The van der Waals surface area contributed by atoms with Crippen molar-refractivity contribution < 1.29 is 18.3 Å². The van der Waals surface area contributed by atoms with E-state index in [1.54, 1.807) is 18.2 Å². The summed E-state index contributed by atoms with van der Waals surface area (Å²) in [6.07, 6.45) is 0.793. The lowest BCUT2D eigenvalue weighted by molar-refractivity contribution is -0.117. The Balaban J connectivity index is 1.83. The third kappa shape index (κ3) is 4.05. The number of rotatable bonds is 5. The molecular weight excluding hydrogens is 364 g/mol. The average Bonchev–Trinajstić information content (AvgIpc) is 3.26. The fourth-order valence-corrected chi connectivity index (χ4v) is 3.73. The molecule has 2 aromatic rings. The van der Waals surface area contributed by atoms with Crippen molar-refractivity contribution in [2.24, 2.45) is 11.8 Å². The number of hydrogen-bond acceptors (Lipinski definition) is 4. The molecule has 0 saturated heterocycles. The summed E-state index contributed by atoms with van der Waals surface area (Å²) in [6.45, 7) is 1.96. The van der Waals surface area contributed by atoms with Gasteiger partial charge in [-0.1, -0.05) is 24.6 Å². The van der Waals surface area contributed by atoms with Crippen molar-refractivity contribution in [2.75, 3.05) is 10.0 Å². The van der Waals surface area contributed by atoms with Gasteiger partial charge in [0, 0.05) is 10.9 Å². The number of phenols is 1. The molecule has 1 aliphatic carbocycles. The zero-order valence-electron chi connectivity index (χ0n) is 13.4. The number of aromatic hydroxyl groups is 1. The van der Waals surface area contributed by atoms with Crippen LogP contribution in [0.4, 0.5) is 11.4 Å². The van der Waals surface area contributed by atoms with Crippen LogP contribution in [0.1, 0.15) is 13.3 Å². The smallest absolute Gasteiger partial charge is 0.261 e. The Morgan fingerprint density at radius 3 is 2.60 bits per heavy atom. The molecular formula is C17H17ClN2O4S. The molecule has 8 heteroatoms. The molecule has 132 valence electrons. The molecule has 1 amide bonds. The number of hydrogen-bond donors (Lipinski definition) is 3. The highest BCUT2D eigenvalue weighted by atomic mass is 35.5. The van der Waals surface area contributed by atoms with Gasteiger partial charge in [-0.05, 0) is 48.7 Å². The minimum absolute atomic E-state index is 0.0677. The number of halogens is 1. The summed E-state index contributed by atoms with van der Waals surface area (Å²) in [5.41, 5.74) is 0.385. The minimum Gasteiger partial charge on any atom is -0.506 e. The van der Waals surface area contributed by atoms with E-state index in [1.165, 1.54) is 24.3 Å². The van der Waals surface area contributed by atoms with E-state index in [1.807, 2.05) is 6.92 Å². The number of carbonyl (C=O) groups is 1. The second-order valence-corrected chi connectivity index (χ2v) is 8.22. The average molecular weight is 381 g/mol. The van der Waals surface area contributed by atoms with Gasteiger partial charge in [0.25, 0.3) is 10.0 Å². The van der Waals surface area contributed by atoms with Crippen molar-refractivity contribution >= 4 is 38.9 Å². The molecule has 0 radical (unpaired) electrons. The molecule has 2 atom stereocenters. The highest BCUT2D eigenvalue weighted by molar-refractivity contribution is 7.92. The predicted molar refractivity (Wildman–Crippen MR) is 96.3 cm³/mol. The van der Waals surface area contributed by atoms with Crippen molar-refractivity contribution in [1.82, 2.24) is 0 Å². The normalized spacial score (nSPS) is 19.3. The van der Waals surface area contributed by atoms with Crippen LogP contribution in [-0.4, -0.2) is 19.4 Å². The Hall–Kier alpha value is -2.25. The van der Waals surface area contributed by atoms with Crippen molar-refractivity contribution in [3.63, 3.8) is 0 Å². The topological polar surface area (TPSA) is 95.5 Å². The Labute approximate surface area is 150 Å². The molecule has 25 heavy (non-hydrogen) atoms. The van der Waals surface area contributed by atoms with Crippen LogP contribution in [0.5, 0.6) is 5.75 Å². The summed E-state index contributed by atoms with van der Waals surface area (Å²) >= 11 is 5.85. The van der Waals surface area contributed by atoms with E-state index >= 15 is 0 Å². The fourth-order valence-electron chi connectivity index (χ4n) is 2.46. The molecule has 0 aromatic heterocycles. The monoisotopic (exact) mass is 380 g/mol. The van der Waals surface area contributed by atoms with Gasteiger partial charge in [0.15, 0.2) is 0 Å². The third-order valence-corrected chi connectivity index (χ3v) is 5.67. The van der Waals surface area contributed by atoms with Gasteiger partial charge in [-0.3, -0.25) is 9.52 Å². The number of amides is 1. The zero-order valence-corrected chi connectivity index (χ0v) is 14.9. The zero-order chi connectivity index (χ0) is 18.2. The molecule has 1 saturated carbocycles. The fraction of sp³-hybridized carbons (Fsp3) is 0.235. The maximum absolute atomic E-state index is 12.5. The third-order valence-electron chi connectivity index (χ3n) is 4.06. The second-order valence-electron chi connectivity index (χ2n) is 6.10. The van der Waals surface area contributed by atoms with Gasteiger partial charge in [0.05, 0.1) is 16.3 Å². The van der Waals surface area contributed by atoms with Gasteiger partial charge in [-0.2, -0.15) is 0 Å². The summed E-state index contributed by atoms with van der Waals surface area (Å²) in [6, 6.07) is 10.0. The summed E-state index contributed by atoms with van der Waals surface area (Å²) < 4.78 is 27.4. The van der Waals surface area contributed by atoms with Gasteiger partial charge in [-0.25, -0.2) is 8.42 Å². The van der Waals surface area contributed by atoms with E-state index in [9.17, 15) is 18.3 Å². The number of sulfonamides is 1. The predicted octanol–water partition coefficient (Wildman–Crippen LogP) is 3.44. The Kier molecular flexibility index (Phi) is 4.62. The molecule has 0 aliphatic heterocycles. The first-order chi connectivity index (χ1) is 11.8. The molecule has 1 fully saturated rings. The Morgan fingerprint density at radius 1 is 1.24 bits per heavy atom. The first-order valence-corrected chi connectivity index (χ1v) is 9.54. The molecule has 0 spiro atoms. The SMILES string of the molecule is CC1CC1C(=O)Nc1cc(S(=O)(=O)Nc2cccc(Cl)c2)ccc1O.